The molecule has 1 N–H and O–H groups in total. The van der Waals surface area contributed by atoms with Crippen molar-refractivity contribution in [1.82, 2.24) is 5.32 Å². The first-order valence-corrected chi connectivity index (χ1v) is 3.40. The molecule has 2 fully saturated rings. The number of hydrogen-bond acceptors (Lipinski definition) is 3. The summed E-state index contributed by atoms with van der Waals surface area (Å²) in [5.41, 5.74) is 0. The normalized spacial score (nSPS) is 32.0. The zero-order valence-corrected chi connectivity index (χ0v) is 5.35. The van der Waals surface area contributed by atoms with Crippen LogP contribution in [0.4, 0.5) is 0 Å². The summed E-state index contributed by atoms with van der Waals surface area (Å²) in [7, 11) is 0. The van der Waals surface area contributed by atoms with E-state index < -0.39 is 0 Å². The standard InChI is InChI=1S/C6H11NO2/c1-2-8-6(9-3-1)4-7-5-6/h7H,1-5H2. The molecule has 0 unspecified atom stereocenters. The maximum Gasteiger partial charge on any atom is 0.193 e. The molecule has 0 amide bonds. The van der Waals surface area contributed by atoms with Crippen LogP contribution in [0.3, 0.4) is 0 Å². The van der Waals surface area contributed by atoms with Crippen LogP contribution in [0.5, 0.6) is 0 Å². The van der Waals surface area contributed by atoms with Crippen molar-refractivity contribution in [2.24, 2.45) is 0 Å². The number of ether oxygens (including phenoxy) is 2. The summed E-state index contributed by atoms with van der Waals surface area (Å²) < 4.78 is 10.8. The first kappa shape index (κ1) is 5.65. The summed E-state index contributed by atoms with van der Waals surface area (Å²) in [5, 5.41) is 3.12. The Morgan fingerprint density at radius 2 is 1.78 bits per heavy atom. The zero-order valence-electron chi connectivity index (χ0n) is 5.35. The molecule has 3 heteroatoms. The molecule has 52 valence electrons. The van der Waals surface area contributed by atoms with E-state index in [0.29, 0.717) is 0 Å². The molecule has 2 rings (SSSR count). The first-order chi connectivity index (χ1) is 4.41. The third-order valence-electron chi connectivity index (χ3n) is 1.81. The largest absolute Gasteiger partial charge is 0.347 e. The quantitative estimate of drug-likeness (QED) is 0.488. The van der Waals surface area contributed by atoms with Crippen LogP contribution < -0.4 is 5.32 Å². The van der Waals surface area contributed by atoms with Crippen molar-refractivity contribution in [2.45, 2.75) is 12.2 Å². The maximum absolute atomic E-state index is 5.42. The summed E-state index contributed by atoms with van der Waals surface area (Å²) >= 11 is 0. The second-order valence-corrected chi connectivity index (χ2v) is 2.56. The van der Waals surface area contributed by atoms with E-state index in [4.69, 9.17) is 9.47 Å². The summed E-state index contributed by atoms with van der Waals surface area (Å²) in [6.07, 6.45) is 1.04. The molecule has 2 heterocycles. The average Bonchev–Trinajstić information content (AvgIpc) is 1.87. The molecule has 0 saturated carbocycles. The highest BCUT2D eigenvalue weighted by Gasteiger charge is 2.40. The minimum absolute atomic E-state index is 0.210. The Kier molecular flexibility index (Phi) is 1.22. The lowest BCUT2D eigenvalue weighted by atomic mass is 10.1. The second-order valence-electron chi connectivity index (χ2n) is 2.56. The number of nitrogens with one attached hydrogen (secondary N) is 1. The molecule has 0 radical (unpaired) electrons. The minimum Gasteiger partial charge on any atom is -0.347 e. The molecule has 2 aliphatic heterocycles. The summed E-state index contributed by atoms with van der Waals surface area (Å²) in [4.78, 5) is 0. The summed E-state index contributed by atoms with van der Waals surface area (Å²) in [6.45, 7) is 3.46. The van der Waals surface area contributed by atoms with E-state index in [1.165, 1.54) is 0 Å². The fourth-order valence-corrected chi connectivity index (χ4v) is 1.15. The molecule has 0 aromatic carbocycles. The van der Waals surface area contributed by atoms with Crippen LogP contribution in [0, 0.1) is 0 Å². The lowest BCUT2D eigenvalue weighted by Crippen LogP contribution is -2.64. The van der Waals surface area contributed by atoms with Crippen LogP contribution in [0.25, 0.3) is 0 Å². The van der Waals surface area contributed by atoms with Gasteiger partial charge in [-0.3, -0.25) is 0 Å². The Hall–Kier alpha value is -0.120. The van der Waals surface area contributed by atoms with E-state index in [1.54, 1.807) is 0 Å². The average molecular weight is 129 g/mol. The molecule has 0 aromatic heterocycles. The Bertz CT molecular complexity index is 104. The van der Waals surface area contributed by atoms with Gasteiger partial charge in [-0.2, -0.15) is 0 Å². The summed E-state index contributed by atoms with van der Waals surface area (Å²) in [6, 6.07) is 0. The van der Waals surface area contributed by atoms with Crippen molar-refractivity contribution >= 4 is 0 Å². The van der Waals surface area contributed by atoms with Crippen LogP contribution >= 0.6 is 0 Å². The van der Waals surface area contributed by atoms with Crippen LogP contribution in [-0.4, -0.2) is 32.1 Å². The molecular formula is C6H11NO2. The van der Waals surface area contributed by atoms with Gasteiger partial charge in [-0.05, 0) is 6.42 Å². The van der Waals surface area contributed by atoms with Gasteiger partial charge in [-0.25, -0.2) is 0 Å². The number of rotatable bonds is 0. The van der Waals surface area contributed by atoms with Crippen LogP contribution in [0.2, 0.25) is 0 Å². The van der Waals surface area contributed by atoms with Crippen molar-refractivity contribution in [3.05, 3.63) is 0 Å². The van der Waals surface area contributed by atoms with E-state index >= 15 is 0 Å². The lowest BCUT2D eigenvalue weighted by Gasteiger charge is -2.44. The van der Waals surface area contributed by atoms with Gasteiger partial charge >= 0.3 is 0 Å². The highest BCUT2D eigenvalue weighted by molar-refractivity contribution is 4.87. The third-order valence-corrected chi connectivity index (χ3v) is 1.81. The van der Waals surface area contributed by atoms with Gasteiger partial charge in [0, 0.05) is 0 Å². The maximum atomic E-state index is 5.42. The van der Waals surface area contributed by atoms with Crippen LogP contribution in [-0.2, 0) is 9.47 Å². The Morgan fingerprint density at radius 1 is 1.11 bits per heavy atom. The molecule has 0 atom stereocenters. The Morgan fingerprint density at radius 3 is 2.11 bits per heavy atom. The molecule has 3 nitrogen and oxygen atoms in total. The van der Waals surface area contributed by atoms with Crippen LogP contribution in [0.1, 0.15) is 6.42 Å². The van der Waals surface area contributed by atoms with Crippen molar-refractivity contribution in [2.75, 3.05) is 26.3 Å². The van der Waals surface area contributed by atoms with Gasteiger partial charge in [0.1, 0.15) is 0 Å². The SMILES string of the molecule is C1COC2(CNC2)OC1. The molecule has 2 aliphatic rings. The Balaban J connectivity index is 1.93. The highest BCUT2D eigenvalue weighted by Crippen LogP contribution is 2.22. The molecule has 9 heavy (non-hydrogen) atoms. The van der Waals surface area contributed by atoms with E-state index in [2.05, 4.69) is 5.32 Å². The van der Waals surface area contributed by atoms with Crippen molar-refractivity contribution in [3.8, 4) is 0 Å². The first-order valence-electron chi connectivity index (χ1n) is 3.40. The fourth-order valence-electron chi connectivity index (χ4n) is 1.15. The van der Waals surface area contributed by atoms with Crippen LogP contribution in [0.15, 0.2) is 0 Å². The lowest BCUT2D eigenvalue weighted by molar-refractivity contribution is -0.287. The smallest absolute Gasteiger partial charge is 0.193 e. The topological polar surface area (TPSA) is 30.5 Å². The molecule has 0 aromatic rings. The van der Waals surface area contributed by atoms with E-state index in [0.717, 1.165) is 32.7 Å². The van der Waals surface area contributed by atoms with Gasteiger partial charge in [0.05, 0.1) is 26.3 Å². The molecule has 0 aliphatic carbocycles. The summed E-state index contributed by atoms with van der Waals surface area (Å²) in [5.74, 6) is -0.210. The van der Waals surface area contributed by atoms with E-state index in [-0.39, 0.29) is 5.79 Å². The zero-order chi connectivity index (χ0) is 6.16. The fraction of sp³-hybridized carbons (Fsp3) is 1.00. The third kappa shape index (κ3) is 0.852. The van der Waals surface area contributed by atoms with E-state index in [9.17, 15) is 0 Å². The van der Waals surface area contributed by atoms with Crippen molar-refractivity contribution in [1.29, 1.82) is 0 Å². The van der Waals surface area contributed by atoms with Crippen molar-refractivity contribution < 1.29 is 9.47 Å². The van der Waals surface area contributed by atoms with Gasteiger partial charge < -0.3 is 14.8 Å². The predicted molar refractivity (Wildman–Crippen MR) is 32.1 cm³/mol. The molecular weight excluding hydrogens is 118 g/mol. The Labute approximate surface area is 54.3 Å². The molecule has 0 bridgehead atoms. The van der Waals surface area contributed by atoms with Crippen molar-refractivity contribution in [3.63, 3.8) is 0 Å². The number of hydrogen-bond donors (Lipinski definition) is 1. The second kappa shape index (κ2) is 1.94. The van der Waals surface area contributed by atoms with Gasteiger partial charge in [0.15, 0.2) is 5.79 Å². The van der Waals surface area contributed by atoms with Gasteiger partial charge in [-0.1, -0.05) is 0 Å². The van der Waals surface area contributed by atoms with Gasteiger partial charge in [-0.15, -0.1) is 0 Å². The predicted octanol–water partition coefficient (Wildman–Crippen LogP) is -0.277. The molecule has 1 spiro atoms. The minimum atomic E-state index is -0.210. The molecule has 2 saturated heterocycles. The van der Waals surface area contributed by atoms with Gasteiger partial charge in [0.2, 0.25) is 0 Å². The monoisotopic (exact) mass is 129 g/mol. The highest BCUT2D eigenvalue weighted by atomic mass is 16.7. The van der Waals surface area contributed by atoms with Gasteiger partial charge in [0.25, 0.3) is 0 Å². The van der Waals surface area contributed by atoms with E-state index in [1.807, 2.05) is 0 Å².